The summed E-state index contributed by atoms with van der Waals surface area (Å²) < 4.78 is 3.41. The summed E-state index contributed by atoms with van der Waals surface area (Å²) in [6.07, 6.45) is 2.15. The molecular formula is C13H10BrNS. The quantitative estimate of drug-likeness (QED) is 0.654. The molecule has 0 aliphatic carbocycles. The van der Waals surface area contributed by atoms with Crippen molar-refractivity contribution in [2.24, 2.45) is 0 Å². The van der Waals surface area contributed by atoms with Crippen LogP contribution in [0.5, 0.6) is 0 Å². The van der Waals surface area contributed by atoms with Crippen LogP contribution in [-0.2, 0) is 6.54 Å². The van der Waals surface area contributed by atoms with E-state index < -0.39 is 0 Å². The van der Waals surface area contributed by atoms with Crippen LogP contribution in [0.1, 0.15) is 5.56 Å². The van der Waals surface area contributed by atoms with Crippen molar-refractivity contribution >= 4 is 38.2 Å². The van der Waals surface area contributed by atoms with Crippen LogP contribution in [0.3, 0.4) is 0 Å². The van der Waals surface area contributed by atoms with Crippen LogP contribution < -0.4 is 0 Å². The van der Waals surface area contributed by atoms with Gasteiger partial charge < -0.3 is 4.57 Å². The van der Waals surface area contributed by atoms with Gasteiger partial charge in [0.25, 0.3) is 0 Å². The van der Waals surface area contributed by atoms with Crippen molar-refractivity contribution < 1.29 is 0 Å². The van der Waals surface area contributed by atoms with E-state index in [9.17, 15) is 0 Å². The van der Waals surface area contributed by atoms with E-state index in [1.807, 2.05) is 0 Å². The van der Waals surface area contributed by atoms with Crippen LogP contribution in [0.15, 0.2) is 51.8 Å². The molecule has 0 aliphatic rings. The molecule has 0 aliphatic heterocycles. The minimum Gasteiger partial charge on any atom is -0.343 e. The smallest absolute Gasteiger partial charge is 0.0494 e. The molecule has 2 heterocycles. The zero-order chi connectivity index (χ0) is 11.0. The highest BCUT2D eigenvalue weighted by Crippen LogP contribution is 2.22. The summed E-state index contributed by atoms with van der Waals surface area (Å²) in [5, 5.41) is 5.61. The number of benzene rings is 1. The zero-order valence-corrected chi connectivity index (χ0v) is 11.0. The Kier molecular flexibility index (Phi) is 2.58. The number of fused-ring (bicyclic) bond motifs is 1. The SMILES string of the molecule is Brc1ccc2ccn(Cc3ccsc3)c2c1. The monoisotopic (exact) mass is 291 g/mol. The second-order valence-electron chi connectivity index (χ2n) is 3.78. The van der Waals surface area contributed by atoms with E-state index in [-0.39, 0.29) is 0 Å². The van der Waals surface area contributed by atoms with Crippen LogP contribution >= 0.6 is 27.3 Å². The van der Waals surface area contributed by atoms with Crippen LogP contribution in [0.4, 0.5) is 0 Å². The molecule has 1 aromatic carbocycles. The van der Waals surface area contributed by atoms with E-state index in [1.165, 1.54) is 16.5 Å². The molecule has 3 rings (SSSR count). The summed E-state index contributed by atoms with van der Waals surface area (Å²) in [6.45, 7) is 0.948. The van der Waals surface area contributed by atoms with Gasteiger partial charge >= 0.3 is 0 Å². The van der Waals surface area contributed by atoms with Gasteiger partial charge in [-0.2, -0.15) is 11.3 Å². The molecule has 3 aromatic rings. The molecule has 80 valence electrons. The number of thiophene rings is 1. The first-order valence-electron chi connectivity index (χ1n) is 5.08. The van der Waals surface area contributed by atoms with Gasteiger partial charge in [0.2, 0.25) is 0 Å². The summed E-state index contributed by atoms with van der Waals surface area (Å²) in [4.78, 5) is 0. The second kappa shape index (κ2) is 4.07. The van der Waals surface area contributed by atoms with Crippen LogP contribution in [0, 0.1) is 0 Å². The third-order valence-electron chi connectivity index (χ3n) is 2.67. The van der Waals surface area contributed by atoms with Crippen LogP contribution in [0.2, 0.25) is 0 Å². The second-order valence-corrected chi connectivity index (χ2v) is 5.47. The average Bonchev–Trinajstić information content (AvgIpc) is 2.90. The van der Waals surface area contributed by atoms with Crippen molar-refractivity contribution in [3.63, 3.8) is 0 Å². The Bertz CT molecular complexity index is 610. The number of rotatable bonds is 2. The average molecular weight is 292 g/mol. The Morgan fingerprint density at radius 2 is 2.12 bits per heavy atom. The highest BCUT2D eigenvalue weighted by atomic mass is 79.9. The molecule has 0 spiro atoms. The van der Waals surface area contributed by atoms with E-state index in [1.54, 1.807) is 11.3 Å². The van der Waals surface area contributed by atoms with E-state index in [0.29, 0.717) is 0 Å². The van der Waals surface area contributed by atoms with E-state index in [4.69, 9.17) is 0 Å². The molecule has 2 aromatic heterocycles. The minimum absolute atomic E-state index is 0.948. The Hall–Kier alpha value is -1.06. The molecule has 0 saturated heterocycles. The lowest BCUT2D eigenvalue weighted by Gasteiger charge is -2.03. The predicted octanol–water partition coefficient (Wildman–Crippen LogP) is 4.51. The van der Waals surface area contributed by atoms with Crippen LogP contribution in [0.25, 0.3) is 10.9 Å². The molecule has 0 bridgehead atoms. The standard InChI is InChI=1S/C13H10BrNS/c14-12-2-1-11-3-5-15(13(11)7-12)8-10-4-6-16-9-10/h1-7,9H,8H2. The third-order valence-corrected chi connectivity index (χ3v) is 3.89. The van der Waals surface area contributed by atoms with Crippen molar-refractivity contribution in [2.45, 2.75) is 6.54 Å². The van der Waals surface area contributed by atoms with Gasteiger partial charge in [-0.25, -0.2) is 0 Å². The molecule has 0 atom stereocenters. The van der Waals surface area contributed by atoms with Crippen molar-refractivity contribution in [2.75, 3.05) is 0 Å². The van der Waals surface area contributed by atoms with Gasteiger partial charge in [-0.15, -0.1) is 0 Å². The van der Waals surface area contributed by atoms with Gasteiger partial charge in [0.1, 0.15) is 0 Å². The number of hydrogen-bond donors (Lipinski definition) is 0. The molecule has 3 heteroatoms. The topological polar surface area (TPSA) is 4.93 Å². The fourth-order valence-corrected chi connectivity index (χ4v) is 2.88. The maximum absolute atomic E-state index is 3.52. The third kappa shape index (κ3) is 1.81. The lowest BCUT2D eigenvalue weighted by atomic mass is 10.2. The van der Waals surface area contributed by atoms with Gasteiger partial charge in [0, 0.05) is 22.7 Å². The Labute approximate surface area is 106 Å². The van der Waals surface area contributed by atoms with Gasteiger partial charge in [0.05, 0.1) is 0 Å². The number of halogens is 1. The largest absolute Gasteiger partial charge is 0.343 e. The molecule has 0 N–H and O–H groups in total. The Morgan fingerprint density at radius 1 is 1.19 bits per heavy atom. The maximum atomic E-state index is 3.52. The number of hydrogen-bond acceptors (Lipinski definition) is 1. The first-order chi connectivity index (χ1) is 7.83. The van der Waals surface area contributed by atoms with Crippen molar-refractivity contribution in [1.29, 1.82) is 0 Å². The fraction of sp³-hybridized carbons (Fsp3) is 0.0769. The summed E-state index contributed by atoms with van der Waals surface area (Å²) in [5.74, 6) is 0. The number of aromatic nitrogens is 1. The van der Waals surface area contributed by atoms with Gasteiger partial charge in [-0.05, 0) is 46.0 Å². The maximum Gasteiger partial charge on any atom is 0.0494 e. The highest BCUT2D eigenvalue weighted by Gasteiger charge is 2.02. The Balaban J connectivity index is 2.07. The van der Waals surface area contributed by atoms with Gasteiger partial charge in [0.15, 0.2) is 0 Å². The lowest BCUT2D eigenvalue weighted by molar-refractivity contribution is 0.840. The minimum atomic E-state index is 0.948. The molecule has 0 fully saturated rings. The van der Waals surface area contributed by atoms with Crippen LogP contribution in [-0.4, -0.2) is 4.57 Å². The normalized spacial score (nSPS) is 11.1. The number of nitrogens with zero attached hydrogens (tertiary/aromatic N) is 1. The molecular weight excluding hydrogens is 282 g/mol. The first kappa shape index (κ1) is 10.1. The summed E-state index contributed by atoms with van der Waals surface area (Å²) in [5.41, 5.74) is 2.64. The van der Waals surface area contributed by atoms with Gasteiger partial charge in [-0.1, -0.05) is 22.0 Å². The van der Waals surface area contributed by atoms with Gasteiger partial charge in [-0.3, -0.25) is 0 Å². The first-order valence-corrected chi connectivity index (χ1v) is 6.82. The molecule has 0 saturated carbocycles. The highest BCUT2D eigenvalue weighted by molar-refractivity contribution is 9.10. The predicted molar refractivity (Wildman–Crippen MR) is 73.1 cm³/mol. The molecule has 0 amide bonds. The molecule has 0 unspecified atom stereocenters. The zero-order valence-electron chi connectivity index (χ0n) is 8.56. The molecule has 16 heavy (non-hydrogen) atoms. The van der Waals surface area contributed by atoms with E-state index >= 15 is 0 Å². The van der Waals surface area contributed by atoms with Crippen molar-refractivity contribution in [1.82, 2.24) is 4.57 Å². The lowest BCUT2D eigenvalue weighted by Crippen LogP contribution is -1.95. The summed E-state index contributed by atoms with van der Waals surface area (Å²) in [6, 6.07) is 10.7. The van der Waals surface area contributed by atoms with Crippen molar-refractivity contribution in [3.8, 4) is 0 Å². The Morgan fingerprint density at radius 3 is 2.94 bits per heavy atom. The van der Waals surface area contributed by atoms with E-state index in [2.05, 4.69) is 67.8 Å². The fourth-order valence-electron chi connectivity index (χ4n) is 1.87. The summed E-state index contributed by atoms with van der Waals surface area (Å²) >= 11 is 5.27. The van der Waals surface area contributed by atoms with E-state index in [0.717, 1.165) is 11.0 Å². The molecule has 1 nitrogen and oxygen atoms in total. The summed E-state index contributed by atoms with van der Waals surface area (Å²) in [7, 11) is 0. The van der Waals surface area contributed by atoms with Crippen molar-refractivity contribution in [3.05, 3.63) is 57.3 Å². The molecule has 0 radical (unpaired) electrons.